The first-order valence-electron chi connectivity index (χ1n) is 18.8. The fourth-order valence-electron chi connectivity index (χ4n) is 6.42. The van der Waals surface area contributed by atoms with E-state index in [1.165, 1.54) is 35.9 Å². The van der Waals surface area contributed by atoms with Gasteiger partial charge in [-0.25, -0.2) is 16.4 Å². The van der Waals surface area contributed by atoms with Crippen LogP contribution in [0.1, 0.15) is 52.1 Å². The molecular weight excluding hydrogens is 803 g/mol. The summed E-state index contributed by atoms with van der Waals surface area (Å²) in [5.41, 5.74) is -1.34. The summed E-state index contributed by atoms with van der Waals surface area (Å²) in [4.78, 5) is 67.7. The van der Waals surface area contributed by atoms with Crippen LogP contribution in [0.15, 0.2) is 26.9 Å². The molecule has 0 radical (unpaired) electrons. The Morgan fingerprint density at radius 1 is 0.983 bits per heavy atom. The van der Waals surface area contributed by atoms with E-state index in [2.05, 4.69) is 30.1 Å². The number of H-pyrrole nitrogens is 2. The molecule has 0 aliphatic carbocycles. The second-order valence-electron chi connectivity index (χ2n) is 13.9. The predicted molar refractivity (Wildman–Crippen MR) is 211 cm³/mol. The third-order valence-electron chi connectivity index (χ3n) is 9.58. The molecule has 3 aromatic heterocycles. The van der Waals surface area contributed by atoms with E-state index in [9.17, 15) is 19.2 Å². The van der Waals surface area contributed by atoms with Crippen molar-refractivity contribution < 1.29 is 46.8 Å². The molecule has 5 heterocycles. The largest absolute Gasteiger partial charge is 0.382 e. The monoisotopic (exact) mass is 854 g/mol. The molecule has 9 atom stereocenters. The smallest absolute Gasteiger partial charge is 0.330 e. The number of carbonyl (C=O) groups is 1. The third-order valence-corrected chi connectivity index (χ3v) is 11.9. The maximum atomic E-state index is 13.1. The minimum atomic E-state index is -3.76. The van der Waals surface area contributed by atoms with Crippen LogP contribution < -0.4 is 22.1 Å². The number of fused-ring (bicyclic) bond motifs is 1. The fraction of sp³-hybridized carbons (Fsp3) is 0.686. The van der Waals surface area contributed by atoms with E-state index in [1.807, 2.05) is 13.8 Å². The predicted octanol–water partition coefficient (Wildman–Crippen LogP) is 2.04. The second kappa shape index (κ2) is 20.5. The standard InChI is InChI=1S/C35H51N8O13PS/c1-9-22-26(27(51-15-13-49-8)33(54-22)43-18-37-24-28(43)38-34(40-31(24)46)39-29(44)19(2)3)56-57(58,52-11-10-36-6)53-17-23-21(5)25(50-14-12-48-7)32(55-23)42-16-20(4)30(45)41-35(42)47/h16,18-19,21-23,25-27,32-33H,9-15,17H2,1-5,7-8H3,(H,41,45,47)(H2,38,39,40,44,46)/t21-,22+,23+,25?,26-,27?,32+,33+,57?/m0/s1. The topological polar surface area (TPSA) is 235 Å². The summed E-state index contributed by atoms with van der Waals surface area (Å²) in [6.07, 6.45) is -2.55. The first-order chi connectivity index (χ1) is 27.7. The van der Waals surface area contributed by atoms with E-state index in [1.54, 1.807) is 20.8 Å². The number of hydrogen-bond donors (Lipinski definition) is 3. The number of aryl methyl sites for hydroxylation is 1. The molecule has 0 spiro atoms. The lowest BCUT2D eigenvalue weighted by Gasteiger charge is -2.30. The van der Waals surface area contributed by atoms with Gasteiger partial charge in [0.2, 0.25) is 18.4 Å². The minimum Gasteiger partial charge on any atom is -0.382 e. The molecule has 58 heavy (non-hydrogen) atoms. The van der Waals surface area contributed by atoms with Gasteiger partial charge in [-0.15, -0.1) is 0 Å². The lowest BCUT2D eigenvalue weighted by atomic mass is 10.0. The number of amides is 1. The Morgan fingerprint density at radius 3 is 2.31 bits per heavy atom. The highest BCUT2D eigenvalue weighted by atomic mass is 32.5. The normalized spacial score (nSPS) is 25.6. The summed E-state index contributed by atoms with van der Waals surface area (Å²) in [6.45, 7) is 12.8. The molecule has 3 unspecified atom stereocenters. The zero-order valence-electron chi connectivity index (χ0n) is 33.4. The number of hydrogen-bond acceptors (Lipinski definition) is 16. The van der Waals surface area contributed by atoms with Crippen molar-refractivity contribution >= 4 is 41.5 Å². The van der Waals surface area contributed by atoms with Crippen LogP contribution in [0.4, 0.5) is 5.95 Å². The SMILES string of the molecule is [C-]#[N+]CCOP(=S)(OC[C@H]1O[C@@H](n2cc(C)c(=O)[nH]c2=O)C(OCCOC)[C@H]1C)O[C@@H]1C(OCCOC)[C@H](n2cnc3c(=O)[nH]c(NC(=O)C(C)C)nc32)O[C@@H]1CC. The molecule has 0 bridgehead atoms. The number of rotatable bonds is 21. The molecule has 0 saturated carbocycles. The van der Waals surface area contributed by atoms with Crippen LogP contribution in [0.5, 0.6) is 0 Å². The van der Waals surface area contributed by atoms with Gasteiger partial charge in [0.15, 0.2) is 23.6 Å². The Labute approximate surface area is 339 Å². The lowest BCUT2D eigenvalue weighted by molar-refractivity contribution is -0.118. The number of methoxy groups -OCH3 is 2. The average molecular weight is 855 g/mol. The molecule has 1 amide bonds. The molecule has 2 aliphatic heterocycles. The summed E-state index contributed by atoms with van der Waals surface area (Å²) in [6, 6.07) is 0. The number of imidazole rings is 1. The van der Waals surface area contributed by atoms with E-state index in [4.69, 9.17) is 60.4 Å². The maximum absolute atomic E-state index is 13.1. The summed E-state index contributed by atoms with van der Waals surface area (Å²) in [7, 11) is 3.07. The van der Waals surface area contributed by atoms with Crippen molar-refractivity contribution in [2.75, 3.05) is 65.7 Å². The Morgan fingerprint density at radius 2 is 1.66 bits per heavy atom. The molecule has 21 nitrogen and oxygen atoms in total. The Kier molecular flexibility index (Phi) is 16.0. The van der Waals surface area contributed by atoms with Crippen LogP contribution >= 0.6 is 6.72 Å². The number of nitrogens with zero attached hydrogens (tertiary/aromatic N) is 5. The third kappa shape index (κ3) is 10.5. The van der Waals surface area contributed by atoms with Crippen LogP contribution in [0, 0.1) is 25.3 Å². The van der Waals surface area contributed by atoms with E-state index < -0.39 is 66.5 Å². The average Bonchev–Trinajstić information content (AvgIpc) is 3.85. The number of anilines is 1. The van der Waals surface area contributed by atoms with Crippen LogP contribution in [0.2, 0.25) is 0 Å². The molecule has 3 N–H and O–H groups in total. The number of ether oxygens (including phenoxy) is 6. The van der Waals surface area contributed by atoms with Crippen molar-refractivity contribution in [2.45, 2.75) is 84.0 Å². The maximum Gasteiger partial charge on any atom is 0.330 e. The van der Waals surface area contributed by atoms with Gasteiger partial charge in [-0.2, -0.15) is 4.98 Å². The van der Waals surface area contributed by atoms with Gasteiger partial charge in [0.1, 0.15) is 24.9 Å². The number of aromatic amines is 2. The molecule has 320 valence electrons. The quantitative estimate of drug-likeness (QED) is 0.0790. The minimum absolute atomic E-state index is 0.00269. The van der Waals surface area contributed by atoms with Crippen LogP contribution in [-0.2, 0) is 58.6 Å². The number of carbonyl (C=O) groups excluding carboxylic acids is 1. The van der Waals surface area contributed by atoms with Crippen LogP contribution in [0.25, 0.3) is 16.0 Å². The molecular formula is C35H51N8O13PS. The molecule has 2 fully saturated rings. The molecule has 0 aromatic carbocycles. The van der Waals surface area contributed by atoms with Crippen molar-refractivity contribution in [3.63, 3.8) is 0 Å². The number of nitrogens with one attached hydrogen (secondary N) is 3. The first-order valence-corrected chi connectivity index (χ1v) is 21.3. The van der Waals surface area contributed by atoms with Crippen molar-refractivity contribution in [3.05, 3.63) is 60.7 Å². The van der Waals surface area contributed by atoms with Crippen molar-refractivity contribution in [2.24, 2.45) is 11.8 Å². The second-order valence-corrected chi connectivity index (χ2v) is 16.9. The summed E-state index contributed by atoms with van der Waals surface area (Å²) >= 11 is 6.01. The van der Waals surface area contributed by atoms with E-state index >= 15 is 0 Å². The highest BCUT2D eigenvalue weighted by molar-refractivity contribution is 8.07. The van der Waals surface area contributed by atoms with Crippen LogP contribution in [0.3, 0.4) is 0 Å². The van der Waals surface area contributed by atoms with E-state index in [-0.39, 0.29) is 81.0 Å². The lowest BCUT2D eigenvalue weighted by Crippen LogP contribution is -2.38. The van der Waals surface area contributed by atoms with Gasteiger partial charge in [0.05, 0.1) is 51.6 Å². The summed E-state index contributed by atoms with van der Waals surface area (Å²) in [5.74, 6) is -1.17. The molecule has 2 aliphatic rings. The zero-order valence-corrected chi connectivity index (χ0v) is 35.1. The van der Waals surface area contributed by atoms with Crippen LogP contribution in [-0.4, -0.2) is 126 Å². The first kappa shape index (κ1) is 45.4. The fourth-order valence-corrected chi connectivity index (χ4v) is 8.51. The Balaban J connectivity index is 1.45. The van der Waals surface area contributed by atoms with Gasteiger partial charge in [-0.1, -0.05) is 27.7 Å². The summed E-state index contributed by atoms with van der Waals surface area (Å²) in [5, 5.41) is 2.62. The van der Waals surface area contributed by atoms with Crippen molar-refractivity contribution in [1.82, 2.24) is 29.1 Å². The Hall–Kier alpha value is -3.72. The molecule has 2 saturated heterocycles. The van der Waals surface area contributed by atoms with Crippen molar-refractivity contribution in [1.29, 1.82) is 0 Å². The van der Waals surface area contributed by atoms with Gasteiger partial charge < -0.3 is 42.3 Å². The Bertz CT molecular complexity index is 2140. The highest BCUT2D eigenvalue weighted by Crippen LogP contribution is 2.55. The van der Waals surface area contributed by atoms with E-state index in [0.717, 1.165) is 0 Å². The van der Waals surface area contributed by atoms with Crippen molar-refractivity contribution in [3.8, 4) is 0 Å². The molecule has 23 heteroatoms. The van der Waals surface area contributed by atoms with E-state index in [0.29, 0.717) is 12.0 Å². The zero-order chi connectivity index (χ0) is 42.1. The molecule has 5 rings (SSSR count). The van der Waals surface area contributed by atoms with Gasteiger partial charge >= 0.3 is 12.4 Å². The number of aromatic nitrogens is 6. The molecule has 3 aromatic rings. The summed E-state index contributed by atoms with van der Waals surface area (Å²) < 4.78 is 57.7. The van der Waals surface area contributed by atoms with Gasteiger partial charge in [0, 0.05) is 37.8 Å². The van der Waals surface area contributed by atoms with Gasteiger partial charge in [-0.05, 0) is 25.2 Å². The highest BCUT2D eigenvalue weighted by Gasteiger charge is 2.51. The van der Waals surface area contributed by atoms with Gasteiger partial charge in [-0.3, -0.25) is 43.3 Å². The van der Waals surface area contributed by atoms with Gasteiger partial charge in [0.25, 0.3) is 11.1 Å².